The van der Waals surface area contributed by atoms with E-state index in [-0.39, 0.29) is 5.04 Å². The molecule has 2 saturated carbocycles. The van der Waals surface area contributed by atoms with Crippen molar-refractivity contribution < 1.29 is 13.7 Å². The lowest BCUT2D eigenvalue weighted by Gasteiger charge is -2.48. The summed E-state index contributed by atoms with van der Waals surface area (Å²) in [5, 5.41) is 8.57. The summed E-state index contributed by atoms with van der Waals surface area (Å²) in [7, 11) is 1.63. The maximum absolute atomic E-state index is 7.76. The highest BCUT2D eigenvalue weighted by molar-refractivity contribution is 6.99. The van der Waals surface area contributed by atoms with Crippen LogP contribution in [0.15, 0.2) is 77.3 Å². The lowest BCUT2D eigenvalue weighted by atomic mass is 9.85. The molecule has 274 valence electrons. The molecule has 1 aliphatic heterocycles. The third-order valence-corrected chi connectivity index (χ3v) is 17.1. The minimum atomic E-state index is -2.58. The van der Waals surface area contributed by atoms with Gasteiger partial charge in [-0.25, -0.2) is 0 Å². The van der Waals surface area contributed by atoms with Crippen LogP contribution >= 0.6 is 0 Å². The molecule has 3 fully saturated rings. The van der Waals surface area contributed by atoms with Crippen molar-refractivity contribution in [2.45, 2.75) is 103 Å². The molecule has 7 heteroatoms. The number of aryl methyl sites for hydroxylation is 1. The summed E-state index contributed by atoms with van der Waals surface area (Å²) in [6.07, 6.45) is 12.5. The first-order valence-corrected chi connectivity index (χ1v) is 21.8. The minimum absolute atomic E-state index is 0.00521. The summed E-state index contributed by atoms with van der Waals surface area (Å²) in [5.74, 6) is 2.98. The van der Waals surface area contributed by atoms with E-state index in [2.05, 4.69) is 123 Å². The second kappa shape index (κ2) is 16.0. The van der Waals surface area contributed by atoms with Crippen LogP contribution in [0.4, 0.5) is 0 Å². The van der Waals surface area contributed by atoms with Crippen LogP contribution in [0, 0.1) is 17.8 Å². The van der Waals surface area contributed by atoms with Crippen LogP contribution in [0.25, 0.3) is 11.0 Å². The molecule has 0 unspecified atom stereocenters. The topological polar surface area (TPSA) is 51.0 Å². The summed E-state index contributed by atoms with van der Waals surface area (Å²) in [6, 6.07) is 26.7. The van der Waals surface area contributed by atoms with Gasteiger partial charge in [-0.1, -0.05) is 99.4 Å². The molecule has 4 aromatic rings. The molecular weight excluding hydrogens is 647 g/mol. The Balaban J connectivity index is 0.988. The van der Waals surface area contributed by atoms with Crippen molar-refractivity contribution >= 4 is 29.7 Å². The maximum Gasteiger partial charge on any atom is 0.261 e. The van der Waals surface area contributed by atoms with Gasteiger partial charge in [-0.05, 0) is 124 Å². The molecule has 0 amide bonds. The fourth-order valence-electron chi connectivity index (χ4n) is 8.95. The highest BCUT2D eigenvalue weighted by Gasteiger charge is 2.52. The molecule has 3 aromatic carbocycles. The predicted octanol–water partition coefficient (Wildman–Crippen LogP) is 8.46. The Bertz CT molecular complexity index is 1650. The Labute approximate surface area is 308 Å². The van der Waals surface area contributed by atoms with Crippen LogP contribution in [0.1, 0.15) is 89.8 Å². The van der Waals surface area contributed by atoms with E-state index < -0.39 is 8.32 Å². The van der Waals surface area contributed by atoms with Crippen LogP contribution in [0.2, 0.25) is 5.04 Å². The number of aromatic nitrogens is 1. The van der Waals surface area contributed by atoms with E-state index in [0.29, 0.717) is 12.0 Å². The number of fused-ring (bicyclic) bond motifs is 1. The molecule has 1 aromatic heterocycles. The van der Waals surface area contributed by atoms with E-state index in [0.717, 1.165) is 65.9 Å². The summed E-state index contributed by atoms with van der Waals surface area (Å²) in [4.78, 5) is 4.95. The van der Waals surface area contributed by atoms with Gasteiger partial charge in [0.15, 0.2) is 5.58 Å². The smallest absolute Gasteiger partial charge is 0.261 e. The van der Waals surface area contributed by atoms with E-state index in [1.807, 2.05) is 0 Å². The quantitative estimate of drug-likeness (QED) is 0.123. The monoisotopic (exact) mass is 707 g/mol. The summed E-state index contributed by atoms with van der Waals surface area (Å²) in [5.41, 5.74) is 3.14. The van der Waals surface area contributed by atoms with Gasteiger partial charge < -0.3 is 23.5 Å². The molecule has 0 bridgehead atoms. The molecule has 2 aliphatic carbocycles. The van der Waals surface area contributed by atoms with E-state index >= 15 is 0 Å². The second-order valence-electron chi connectivity index (χ2n) is 17.2. The van der Waals surface area contributed by atoms with Crippen molar-refractivity contribution in [3.05, 3.63) is 84.1 Å². The van der Waals surface area contributed by atoms with E-state index in [4.69, 9.17) is 13.7 Å². The van der Waals surface area contributed by atoms with Crippen molar-refractivity contribution in [3.8, 4) is 5.75 Å². The SMILES string of the molecule is CN(C)Cc1c(OCC2CC2)ccc2c(CCC3CCN(C[C@H]4CCCC[C@@H]4O[Si](c4ccccc4)(c4ccccc4)C(C)(C)C)CC3)noc12. The van der Waals surface area contributed by atoms with Gasteiger partial charge in [-0.3, -0.25) is 0 Å². The van der Waals surface area contributed by atoms with Crippen molar-refractivity contribution in [1.82, 2.24) is 15.0 Å². The van der Waals surface area contributed by atoms with Crippen LogP contribution in [0.3, 0.4) is 0 Å². The zero-order valence-electron chi connectivity index (χ0n) is 31.9. The molecule has 1 saturated heterocycles. The van der Waals surface area contributed by atoms with Gasteiger partial charge in [0.1, 0.15) is 5.75 Å². The third kappa shape index (κ3) is 8.32. The predicted molar refractivity (Wildman–Crippen MR) is 212 cm³/mol. The Kier molecular flexibility index (Phi) is 11.4. The summed E-state index contributed by atoms with van der Waals surface area (Å²) in [6.45, 7) is 12.3. The molecule has 0 radical (unpaired) electrons. The Hall–Kier alpha value is -2.97. The number of ether oxygens (including phenoxy) is 1. The zero-order valence-corrected chi connectivity index (χ0v) is 32.9. The van der Waals surface area contributed by atoms with Gasteiger partial charge in [0.25, 0.3) is 8.32 Å². The number of piperidine rings is 1. The van der Waals surface area contributed by atoms with E-state index in [1.165, 1.54) is 81.3 Å². The molecule has 0 N–H and O–H groups in total. The highest BCUT2D eigenvalue weighted by atomic mass is 28.4. The van der Waals surface area contributed by atoms with Crippen LogP contribution in [-0.4, -0.2) is 69.7 Å². The normalized spacial score (nSPS) is 21.1. The number of hydrogen-bond donors (Lipinski definition) is 0. The average molecular weight is 708 g/mol. The largest absolute Gasteiger partial charge is 0.493 e. The molecule has 2 heterocycles. The fraction of sp³-hybridized carbons (Fsp3) is 0.568. The van der Waals surface area contributed by atoms with Crippen LogP contribution in [-0.2, 0) is 17.4 Å². The van der Waals surface area contributed by atoms with Gasteiger partial charge in [0.05, 0.1) is 17.9 Å². The van der Waals surface area contributed by atoms with E-state index in [9.17, 15) is 0 Å². The first-order valence-electron chi connectivity index (χ1n) is 19.9. The van der Waals surface area contributed by atoms with Crippen molar-refractivity contribution in [3.63, 3.8) is 0 Å². The summed E-state index contributed by atoms with van der Waals surface area (Å²) < 4.78 is 20.0. The molecule has 6 nitrogen and oxygen atoms in total. The molecule has 51 heavy (non-hydrogen) atoms. The highest BCUT2D eigenvalue weighted by Crippen LogP contribution is 2.41. The number of likely N-dealkylation sites (tertiary alicyclic amines) is 1. The number of hydrogen-bond acceptors (Lipinski definition) is 6. The van der Waals surface area contributed by atoms with Gasteiger partial charge >= 0.3 is 0 Å². The number of rotatable bonds is 14. The molecule has 7 rings (SSSR count). The zero-order chi connectivity index (χ0) is 35.4. The molecular formula is C44H61N3O3Si. The maximum atomic E-state index is 7.76. The van der Waals surface area contributed by atoms with Gasteiger partial charge in [0, 0.05) is 24.6 Å². The van der Waals surface area contributed by atoms with E-state index in [1.54, 1.807) is 0 Å². The third-order valence-electron chi connectivity index (χ3n) is 12.0. The summed E-state index contributed by atoms with van der Waals surface area (Å²) >= 11 is 0. The lowest BCUT2D eigenvalue weighted by molar-refractivity contribution is 0.0480. The van der Waals surface area contributed by atoms with Gasteiger partial charge in [0.2, 0.25) is 0 Å². The second-order valence-corrected chi connectivity index (χ2v) is 21.4. The number of benzene rings is 3. The van der Waals surface area contributed by atoms with Crippen molar-refractivity contribution in [2.75, 3.05) is 40.3 Å². The fourth-order valence-corrected chi connectivity index (χ4v) is 13.7. The van der Waals surface area contributed by atoms with Crippen molar-refractivity contribution in [1.29, 1.82) is 0 Å². The Morgan fingerprint density at radius 3 is 2.12 bits per heavy atom. The van der Waals surface area contributed by atoms with Crippen LogP contribution < -0.4 is 15.1 Å². The molecule has 2 atom stereocenters. The lowest BCUT2D eigenvalue weighted by Crippen LogP contribution is -2.68. The van der Waals surface area contributed by atoms with Gasteiger partial charge in [-0.15, -0.1) is 0 Å². The minimum Gasteiger partial charge on any atom is -0.493 e. The first-order chi connectivity index (χ1) is 24.7. The molecule has 0 spiro atoms. The Morgan fingerprint density at radius 2 is 1.49 bits per heavy atom. The average Bonchev–Trinajstić information content (AvgIpc) is 3.87. The standard InChI is InChI=1S/C44H61N3O3Si/c1-44(2,3)51(36-15-8-6-9-16-36,37-17-10-7-11-18-37)50-41-19-13-12-14-35(41)30-47-28-26-33(27-29-47)22-24-40-38-23-25-42(48-32-34-20-21-34)39(31-46(4)5)43(38)49-45-40/h6-11,15-18,23,25,33-35,41H,12-14,19-22,24,26-32H2,1-5H3/t35-,41+/m1/s1. The molecule has 3 aliphatic rings. The van der Waals surface area contributed by atoms with Crippen molar-refractivity contribution in [2.24, 2.45) is 17.8 Å². The number of nitrogens with zero attached hydrogens (tertiary/aromatic N) is 3. The Morgan fingerprint density at radius 1 is 0.824 bits per heavy atom. The van der Waals surface area contributed by atoms with Crippen LogP contribution in [0.5, 0.6) is 5.75 Å². The first kappa shape index (κ1) is 36.4. The van der Waals surface area contributed by atoms with Gasteiger partial charge in [-0.2, -0.15) is 0 Å².